The van der Waals surface area contributed by atoms with Crippen LogP contribution in [0.5, 0.6) is 5.75 Å². The average Bonchev–Trinajstić information content (AvgIpc) is 2.91. The largest absolute Gasteiger partial charge is 0.489 e. The number of rotatable bonds is 4. The zero-order valence-electron chi connectivity index (χ0n) is 12.5. The van der Waals surface area contributed by atoms with Crippen molar-refractivity contribution in [2.75, 3.05) is 0 Å². The number of nitrogens with zero attached hydrogens (tertiary/aromatic N) is 1. The molecule has 24 heavy (non-hydrogen) atoms. The Balaban J connectivity index is 1.71. The first-order valence-electron chi connectivity index (χ1n) is 7.11. The van der Waals surface area contributed by atoms with Gasteiger partial charge in [0, 0.05) is 0 Å². The monoisotopic (exact) mass is 352 g/mol. The number of benzene rings is 2. The third-order valence-electron chi connectivity index (χ3n) is 3.26. The Kier molecular flexibility index (Phi) is 4.94. The van der Waals surface area contributed by atoms with Crippen molar-refractivity contribution in [3.63, 3.8) is 0 Å². The third-order valence-corrected chi connectivity index (χ3v) is 4.42. The van der Waals surface area contributed by atoms with Gasteiger partial charge in [-0.05, 0) is 41.5 Å². The van der Waals surface area contributed by atoms with E-state index in [-0.39, 0.29) is 5.91 Å². The van der Waals surface area contributed by atoms with E-state index in [9.17, 15) is 4.79 Å². The number of carbonyl (C=O) groups is 1. The molecule has 1 N–H and O–H groups in total. The molecular weight excluding hydrogens is 340 g/mol. The number of amides is 1. The van der Waals surface area contributed by atoms with Crippen molar-refractivity contribution in [3.8, 4) is 11.8 Å². The van der Waals surface area contributed by atoms with Crippen molar-refractivity contribution in [1.82, 2.24) is 5.32 Å². The lowest BCUT2D eigenvalue weighted by atomic mass is 10.1. The molecule has 0 aliphatic carbocycles. The van der Waals surface area contributed by atoms with Crippen LogP contribution >= 0.6 is 24.0 Å². The van der Waals surface area contributed by atoms with Gasteiger partial charge in [-0.25, -0.2) is 0 Å². The number of carbonyl (C=O) groups excluding carboxylic acids is 1. The highest BCUT2D eigenvalue weighted by molar-refractivity contribution is 8.26. The second kappa shape index (κ2) is 7.30. The molecule has 2 aromatic carbocycles. The molecular formula is C18H12N2O2S2. The van der Waals surface area contributed by atoms with Crippen LogP contribution in [0.15, 0.2) is 53.4 Å². The van der Waals surface area contributed by atoms with E-state index in [1.165, 1.54) is 11.8 Å². The van der Waals surface area contributed by atoms with Crippen LogP contribution in [0.1, 0.15) is 16.7 Å². The van der Waals surface area contributed by atoms with Crippen molar-refractivity contribution < 1.29 is 9.53 Å². The van der Waals surface area contributed by atoms with Crippen molar-refractivity contribution in [2.24, 2.45) is 0 Å². The minimum atomic E-state index is -0.176. The van der Waals surface area contributed by atoms with E-state index in [2.05, 4.69) is 11.4 Å². The first-order valence-corrected chi connectivity index (χ1v) is 8.33. The van der Waals surface area contributed by atoms with E-state index in [0.717, 1.165) is 11.1 Å². The molecule has 6 heteroatoms. The average molecular weight is 352 g/mol. The normalized spacial score (nSPS) is 15.2. The Labute approximate surface area is 149 Å². The molecule has 3 rings (SSSR count). The molecule has 0 saturated carbocycles. The van der Waals surface area contributed by atoms with Gasteiger partial charge < -0.3 is 10.1 Å². The summed E-state index contributed by atoms with van der Waals surface area (Å²) in [5.41, 5.74) is 2.39. The maximum atomic E-state index is 11.7. The predicted octanol–water partition coefficient (Wildman–Crippen LogP) is 3.63. The fourth-order valence-electron chi connectivity index (χ4n) is 2.16. The lowest BCUT2D eigenvalue weighted by Crippen LogP contribution is -2.17. The van der Waals surface area contributed by atoms with E-state index in [1.807, 2.05) is 36.4 Å². The van der Waals surface area contributed by atoms with Gasteiger partial charge in [-0.1, -0.05) is 48.2 Å². The van der Waals surface area contributed by atoms with Gasteiger partial charge in [-0.3, -0.25) is 4.79 Å². The summed E-state index contributed by atoms with van der Waals surface area (Å²) >= 11 is 6.22. The molecule has 2 aromatic rings. The van der Waals surface area contributed by atoms with Gasteiger partial charge in [-0.15, -0.1) is 0 Å². The van der Waals surface area contributed by atoms with Gasteiger partial charge >= 0.3 is 0 Å². The first-order chi connectivity index (χ1) is 11.6. The Morgan fingerprint density at radius 1 is 1.25 bits per heavy atom. The van der Waals surface area contributed by atoms with Crippen LogP contribution in [-0.2, 0) is 11.4 Å². The smallest absolute Gasteiger partial charge is 0.263 e. The number of hydrogen-bond acceptors (Lipinski definition) is 5. The van der Waals surface area contributed by atoms with Crippen LogP contribution in [0.2, 0.25) is 0 Å². The SMILES string of the molecule is N#Cc1cccc(COc2cccc(C=C3SC(=S)NC3=O)c2)c1. The summed E-state index contributed by atoms with van der Waals surface area (Å²) in [5.74, 6) is 0.516. The lowest BCUT2D eigenvalue weighted by molar-refractivity contribution is -0.115. The molecule has 1 aliphatic rings. The molecule has 0 radical (unpaired) electrons. The van der Waals surface area contributed by atoms with Crippen LogP contribution in [0.4, 0.5) is 0 Å². The number of nitrogens with one attached hydrogen (secondary N) is 1. The molecule has 0 aromatic heterocycles. The summed E-state index contributed by atoms with van der Waals surface area (Å²) in [4.78, 5) is 12.3. The van der Waals surface area contributed by atoms with Gasteiger partial charge in [-0.2, -0.15) is 5.26 Å². The highest BCUT2D eigenvalue weighted by Crippen LogP contribution is 2.27. The maximum absolute atomic E-state index is 11.7. The number of thioether (sulfide) groups is 1. The minimum Gasteiger partial charge on any atom is -0.489 e. The molecule has 118 valence electrons. The summed E-state index contributed by atoms with van der Waals surface area (Å²) in [5, 5.41) is 11.5. The molecule has 1 aliphatic heterocycles. The summed E-state index contributed by atoms with van der Waals surface area (Å²) in [6, 6.07) is 16.9. The standard InChI is InChI=1S/C18H12N2O2S2/c19-10-13-4-1-5-14(7-13)11-22-15-6-2-3-12(8-15)9-16-17(21)20-18(23)24-16/h1-9H,11H2,(H,20,21,23). The highest BCUT2D eigenvalue weighted by atomic mass is 32.2. The van der Waals surface area contributed by atoms with E-state index >= 15 is 0 Å². The van der Waals surface area contributed by atoms with E-state index in [0.29, 0.717) is 27.1 Å². The number of nitriles is 1. The summed E-state index contributed by atoms with van der Waals surface area (Å²) < 4.78 is 6.24. The fourth-order valence-corrected chi connectivity index (χ4v) is 3.21. The molecule has 0 bridgehead atoms. The Bertz CT molecular complexity index is 885. The van der Waals surface area contributed by atoms with Crippen LogP contribution < -0.4 is 10.1 Å². The molecule has 1 heterocycles. The van der Waals surface area contributed by atoms with Gasteiger partial charge in [0.2, 0.25) is 0 Å². The second-order valence-electron chi connectivity index (χ2n) is 5.03. The second-order valence-corrected chi connectivity index (χ2v) is 6.74. The molecule has 0 unspecified atom stereocenters. The van der Waals surface area contributed by atoms with E-state index in [1.54, 1.807) is 18.2 Å². The summed E-state index contributed by atoms with van der Waals surface area (Å²) in [6.45, 7) is 0.370. The van der Waals surface area contributed by atoms with Gasteiger partial charge in [0.15, 0.2) is 0 Å². The number of thiocarbonyl (C=S) groups is 1. The maximum Gasteiger partial charge on any atom is 0.263 e. The topological polar surface area (TPSA) is 62.1 Å². The van der Waals surface area contributed by atoms with Crippen molar-refractivity contribution in [3.05, 3.63) is 70.1 Å². The predicted molar refractivity (Wildman–Crippen MR) is 98.2 cm³/mol. The molecule has 0 spiro atoms. The van der Waals surface area contributed by atoms with Crippen LogP contribution in [-0.4, -0.2) is 10.2 Å². The van der Waals surface area contributed by atoms with Crippen molar-refractivity contribution >= 4 is 40.3 Å². The Hall–Kier alpha value is -2.62. The lowest BCUT2D eigenvalue weighted by Gasteiger charge is -2.07. The number of hydrogen-bond donors (Lipinski definition) is 1. The van der Waals surface area contributed by atoms with E-state index < -0.39 is 0 Å². The van der Waals surface area contributed by atoms with Gasteiger partial charge in [0.05, 0.1) is 16.5 Å². The number of ether oxygens (including phenoxy) is 1. The Morgan fingerprint density at radius 3 is 2.83 bits per heavy atom. The highest BCUT2D eigenvalue weighted by Gasteiger charge is 2.21. The zero-order chi connectivity index (χ0) is 16.9. The van der Waals surface area contributed by atoms with E-state index in [4.69, 9.17) is 22.2 Å². The van der Waals surface area contributed by atoms with Gasteiger partial charge in [0.25, 0.3) is 5.91 Å². The Morgan fingerprint density at radius 2 is 2.08 bits per heavy atom. The zero-order valence-corrected chi connectivity index (χ0v) is 14.1. The third kappa shape index (κ3) is 4.02. The quantitative estimate of drug-likeness (QED) is 0.672. The van der Waals surface area contributed by atoms with Crippen LogP contribution in [0, 0.1) is 11.3 Å². The molecule has 1 saturated heterocycles. The van der Waals surface area contributed by atoms with Crippen LogP contribution in [0.3, 0.4) is 0 Å². The fraction of sp³-hybridized carbons (Fsp3) is 0.0556. The molecule has 1 amide bonds. The summed E-state index contributed by atoms with van der Waals surface area (Å²) in [6.07, 6.45) is 1.78. The van der Waals surface area contributed by atoms with Crippen molar-refractivity contribution in [1.29, 1.82) is 5.26 Å². The van der Waals surface area contributed by atoms with Crippen LogP contribution in [0.25, 0.3) is 6.08 Å². The van der Waals surface area contributed by atoms with Crippen molar-refractivity contribution in [2.45, 2.75) is 6.61 Å². The first kappa shape index (κ1) is 16.2. The minimum absolute atomic E-state index is 0.176. The molecule has 1 fully saturated rings. The molecule has 0 atom stereocenters. The molecule has 4 nitrogen and oxygen atoms in total. The summed E-state index contributed by atoms with van der Waals surface area (Å²) in [7, 11) is 0. The van der Waals surface area contributed by atoms with Gasteiger partial charge in [0.1, 0.15) is 16.7 Å².